The zero-order valence-electron chi connectivity index (χ0n) is 15.9. The number of nitrogens with one attached hydrogen (secondary N) is 1. The molecule has 142 valence electrons. The van der Waals surface area contributed by atoms with Crippen LogP contribution in [0.3, 0.4) is 0 Å². The van der Waals surface area contributed by atoms with E-state index in [4.69, 9.17) is 0 Å². The molecular formula is C20H31N5O. The maximum Gasteiger partial charge on any atom is 0.222 e. The highest BCUT2D eigenvalue weighted by Crippen LogP contribution is 2.40. The molecule has 26 heavy (non-hydrogen) atoms. The fraction of sp³-hybridized carbons (Fsp3) is 0.750. The largest absolute Gasteiger partial charge is 0.336 e. The molecule has 6 heteroatoms. The molecule has 1 atom stereocenters. The van der Waals surface area contributed by atoms with Gasteiger partial charge in [0.15, 0.2) is 0 Å². The predicted molar refractivity (Wildman–Crippen MR) is 101 cm³/mol. The van der Waals surface area contributed by atoms with E-state index in [1.807, 2.05) is 18.0 Å². The van der Waals surface area contributed by atoms with Crippen molar-refractivity contribution in [3.05, 3.63) is 23.8 Å². The average molecular weight is 358 g/mol. The van der Waals surface area contributed by atoms with Crippen molar-refractivity contribution >= 4 is 5.91 Å². The van der Waals surface area contributed by atoms with Gasteiger partial charge < -0.3 is 10.2 Å². The SMILES string of the molecule is Cc1cnc(CN2C[C@]3(CCCN(C4CCNCC4)C3)CCC2=O)cn1. The highest BCUT2D eigenvalue weighted by atomic mass is 16.2. The number of likely N-dealkylation sites (tertiary alicyclic amines) is 2. The Bertz CT molecular complexity index is 628. The number of carbonyl (C=O) groups is 1. The van der Waals surface area contributed by atoms with Crippen LogP contribution in [0.25, 0.3) is 0 Å². The smallest absolute Gasteiger partial charge is 0.222 e. The van der Waals surface area contributed by atoms with Gasteiger partial charge in [-0.25, -0.2) is 0 Å². The standard InChI is InChI=1S/C20H31N5O/c1-16-11-23-17(12-22-16)13-25-15-20(7-3-19(25)26)6-2-10-24(14-20)18-4-8-21-9-5-18/h11-12,18,21H,2-10,13-15H2,1H3/t20-/m1/s1. The molecule has 1 aromatic heterocycles. The van der Waals surface area contributed by atoms with Crippen LogP contribution < -0.4 is 5.32 Å². The molecule has 3 fully saturated rings. The van der Waals surface area contributed by atoms with Gasteiger partial charge in [-0.3, -0.25) is 19.7 Å². The number of nitrogens with zero attached hydrogens (tertiary/aromatic N) is 4. The Morgan fingerprint density at radius 1 is 1.19 bits per heavy atom. The van der Waals surface area contributed by atoms with Gasteiger partial charge in [0.1, 0.15) is 0 Å². The van der Waals surface area contributed by atoms with E-state index in [1.54, 1.807) is 6.20 Å². The van der Waals surface area contributed by atoms with Crippen LogP contribution in [0.4, 0.5) is 0 Å². The van der Waals surface area contributed by atoms with Crippen LogP contribution in [0.15, 0.2) is 12.4 Å². The molecule has 1 aromatic rings. The molecule has 1 N–H and O–H groups in total. The first-order valence-corrected chi connectivity index (χ1v) is 10.1. The molecule has 0 radical (unpaired) electrons. The van der Waals surface area contributed by atoms with Crippen molar-refractivity contribution in [2.24, 2.45) is 5.41 Å². The van der Waals surface area contributed by atoms with Crippen LogP contribution in [0, 0.1) is 12.3 Å². The molecule has 1 amide bonds. The molecule has 0 aliphatic carbocycles. The summed E-state index contributed by atoms with van der Waals surface area (Å²) in [7, 11) is 0. The van der Waals surface area contributed by atoms with Crippen LogP contribution in [0.1, 0.15) is 49.9 Å². The predicted octanol–water partition coefficient (Wildman–Crippen LogP) is 1.74. The normalized spacial score (nSPS) is 28.7. The molecule has 6 nitrogen and oxygen atoms in total. The van der Waals surface area contributed by atoms with Gasteiger partial charge in [-0.1, -0.05) is 0 Å². The highest BCUT2D eigenvalue weighted by molar-refractivity contribution is 5.77. The Balaban J connectivity index is 1.44. The van der Waals surface area contributed by atoms with Crippen LogP contribution in [0.5, 0.6) is 0 Å². The Morgan fingerprint density at radius 2 is 2.04 bits per heavy atom. The molecule has 3 aliphatic rings. The maximum absolute atomic E-state index is 12.5. The van der Waals surface area contributed by atoms with E-state index in [1.165, 1.54) is 32.2 Å². The van der Waals surface area contributed by atoms with Gasteiger partial charge in [-0.2, -0.15) is 0 Å². The molecule has 4 rings (SSSR count). The number of amides is 1. The zero-order valence-corrected chi connectivity index (χ0v) is 15.9. The van der Waals surface area contributed by atoms with Crippen molar-refractivity contribution in [2.75, 3.05) is 32.7 Å². The highest BCUT2D eigenvalue weighted by Gasteiger charge is 2.43. The summed E-state index contributed by atoms with van der Waals surface area (Å²) in [5, 5.41) is 3.48. The second kappa shape index (κ2) is 7.61. The second-order valence-electron chi connectivity index (χ2n) is 8.45. The first kappa shape index (κ1) is 17.9. The summed E-state index contributed by atoms with van der Waals surface area (Å²) in [6, 6.07) is 0.725. The summed E-state index contributed by atoms with van der Waals surface area (Å²) in [5.74, 6) is 0.275. The van der Waals surface area contributed by atoms with E-state index >= 15 is 0 Å². The lowest BCUT2D eigenvalue weighted by Crippen LogP contribution is -2.56. The molecule has 0 saturated carbocycles. The van der Waals surface area contributed by atoms with Gasteiger partial charge in [0.05, 0.1) is 24.1 Å². The van der Waals surface area contributed by atoms with Gasteiger partial charge in [0, 0.05) is 37.2 Å². The molecule has 1 spiro atoms. The van der Waals surface area contributed by atoms with E-state index in [0.717, 1.165) is 50.0 Å². The minimum absolute atomic E-state index is 0.273. The molecule has 0 unspecified atom stereocenters. The van der Waals surface area contributed by atoms with E-state index in [2.05, 4.69) is 20.2 Å². The fourth-order valence-corrected chi connectivity index (χ4v) is 5.01. The van der Waals surface area contributed by atoms with Crippen molar-refractivity contribution in [3.8, 4) is 0 Å². The van der Waals surface area contributed by atoms with Gasteiger partial charge >= 0.3 is 0 Å². The summed E-state index contributed by atoms with van der Waals surface area (Å²) in [5.41, 5.74) is 2.09. The van der Waals surface area contributed by atoms with Gasteiger partial charge in [0.2, 0.25) is 5.91 Å². The molecule has 4 heterocycles. The van der Waals surface area contributed by atoms with Crippen LogP contribution >= 0.6 is 0 Å². The van der Waals surface area contributed by atoms with Crippen LogP contribution in [-0.4, -0.2) is 64.4 Å². The molecule has 3 aliphatic heterocycles. The Labute approximate surface area is 156 Å². The van der Waals surface area contributed by atoms with Crippen molar-refractivity contribution in [1.29, 1.82) is 0 Å². The average Bonchev–Trinajstić information content (AvgIpc) is 2.68. The van der Waals surface area contributed by atoms with E-state index in [0.29, 0.717) is 13.0 Å². The second-order valence-corrected chi connectivity index (χ2v) is 8.45. The fourth-order valence-electron chi connectivity index (χ4n) is 5.01. The minimum atomic E-state index is 0.273. The summed E-state index contributed by atoms with van der Waals surface area (Å²) >= 11 is 0. The summed E-state index contributed by atoms with van der Waals surface area (Å²) in [4.78, 5) is 26.1. The molecule has 0 bridgehead atoms. The Hall–Kier alpha value is -1.53. The van der Waals surface area contributed by atoms with Crippen LogP contribution in [-0.2, 0) is 11.3 Å². The maximum atomic E-state index is 12.5. The minimum Gasteiger partial charge on any atom is -0.336 e. The van der Waals surface area contributed by atoms with E-state index in [9.17, 15) is 4.79 Å². The summed E-state index contributed by atoms with van der Waals surface area (Å²) in [6.45, 7) is 8.08. The number of aromatic nitrogens is 2. The Morgan fingerprint density at radius 3 is 2.81 bits per heavy atom. The third-order valence-corrected chi connectivity index (χ3v) is 6.45. The number of rotatable bonds is 3. The number of piperidine rings is 3. The van der Waals surface area contributed by atoms with Crippen molar-refractivity contribution < 1.29 is 4.79 Å². The lowest BCUT2D eigenvalue weighted by Gasteiger charge is -2.50. The van der Waals surface area contributed by atoms with Gasteiger partial charge in [-0.15, -0.1) is 0 Å². The summed E-state index contributed by atoms with van der Waals surface area (Å²) < 4.78 is 0. The van der Waals surface area contributed by atoms with Crippen molar-refractivity contribution in [2.45, 2.75) is 58.0 Å². The number of aryl methyl sites for hydroxylation is 1. The number of hydrogen-bond acceptors (Lipinski definition) is 5. The molecule has 3 saturated heterocycles. The Kier molecular flexibility index (Phi) is 5.23. The van der Waals surface area contributed by atoms with E-state index < -0.39 is 0 Å². The molecular weight excluding hydrogens is 326 g/mol. The third-order valence-electron chi connectivity index (χ3n) is 6.45. The van der Waals surface area contributed by atoms with Crippen LogP contribution in [0.2, 0.25) is 0 Å². The zero-order chi connectivity index (χ0) is 18.0. The summed E-state index contributed by atoms with van der Waals surface area (Å²) in [6.07, 6.45) is 10.4. The topological polar surface area (TPSA) is 61.4 Å². The van der Waals surface area contributed by atoms with Crippen molar-refractivity contribution in [3.63, 3.8) is 0 Å². The van der Waals surface area contributed by atoms with Crippen molar-refractivity contribution in [1.82, 2.24) is 25.1 Å². The van der Waals surface area contributed by atoms with Gasteiger partial charge in [0.25, 0.3) is 0 Å². The first-order valence-electron chi connectivity index (χ1n) is 10.1. The third kappa shape index (κ3) is 3.91. The van der Waals surface area contributed by atoms with Gasteiger partial charge in [-0.05, 0) is 58.7 Å². The lowest BCUT2D eigenvalue weighted by molar-refractivity contribution is -0.140. The molecule has 0 aromatic carbocycles. The first-order chi connectivity index (χ1) is 12.6. The number of carbonyl (C=O) groups excluding carboxylic acids is 1. The monoisotopic (exact) mass is 357 g/mol. The van der Waals surface area contributed by atoms with E-state index in [-0.39, 0.29) is 11.3 Å². The number of hydrogen-bond donors (Lipinski definition) is 1. The quantitative estimate of drug-likeness (QED) is 0.893. The lowest BCUT2D eigenvalue weighted by atomic mass is 9.73.